The predicted octanol–water partition coefficient (Wildman–Crippen LogP) is 0.824. The summed E-state index contributed by atoms with van der Waals surface area (Å²) in [5, 5.41) is 3.41. The van der Waals surface area contributed by atoms with Crippen LogP contribution in [0.15, 0.2) is 0 Å². The molecule has 17 heavy (non-hydrogen) atoms. The van der Waals surface area contributed by atoms with Crippen molar-refractivity contribution in [3.63, 3.8) is 0 Å². The van der Waals surface area contributed by atoms with Crippen LogP contribution in [0.2, 0.25) is 0 Å². The third kappa shape index (κ3) is 2.66. The molecule has 0 bridgehead atoms. The summed E-state index contributed by atoms with van der Waals surface area (Å²) in [5.74, 6) is 0.788. The predicted molar refractivity (Wildman–Crippen MR) is 67.7 cm³/mol. The fourth-order valence-corrected chi connectivity index (χ4v) is 3.83. The van der Waals surface area contributed by atoms with Gasteiger partial charge >= 0.3 is 0 Å². The lowest BCUT2D eigenvalue weighted by Crippen LogP contribution is -2.69. The van der Waals surface area contributed by atoms with Crippen molar-refractivity contribution < 1.29 is 13.2 Å². The minimum Gasteiger partial charge on any atom is -0.377 e. The summed E-state index contributed by atoms with van der Waals surface area (Å²) in [7, 11) is -2.86. The van der Waals surface area contributed by atoms with Crippen molar-refractivity contribution >= 4 is 9.84 Å². The fourth-order valence-electron chi connectivity index (χ4n) is 3.34. The average Bonchev–Trinajstić information content (AvgIpc) is 2.23. The van der Waals surface area contributed by atoms with E-state index in [0.717, 1.165) is 13.0 Å². The van der Waals surface area contributed by atoms with Gasteiger partial charge in [-0.3, -0.25) is 0 Å². The summed E-state index contributed by atoms with van der Waals surface area (Å²) < 4.78 is 28.0. The molecule has 0 aromatic carbocycles. The Labute approximate surface area is 104 Å². The van der Waals surface area contributed by atoms with Gasteiger partial charge in [-0.15, -0.1) is 0 Å². The van der Waals surface area contributed by atoms with Gasteiger partial charge in [0.05, 0.1) is 11.9 Å². The Kier molecular flexibility index (Phi) is 3.54. The number of hydrogen-bond acceptors (Lipinski definition) is 4. The molecule has 0 radical (unpaired) electrons. The standard InChI is InChI=1S/C12H23NO3S/c1-12(2)10(13-6-8-17(3,14)15)9-5-4-7-16-11(9)12/h9-11,13H,4-8H2,1-3H3. The SMILES string of the molecule is CC1(C)C(NCCS(C)(=O)=O)C2CCCOC21. The van der Waals surface area contributed by atoms with E-state index in [1.54, 1.807) is 0 Å². The van der Waals surface area contributed by atoms with Gasteiger partial charge in [0.25, 0.3) is 0 Å². The molecule has 1 aliphatic heterocycles. The topological polar surface area (TPSA) is 55.4 Å². The van der Waals surface area contributed by atoms with Gasteiger partial charge < -0.3 is 10.1 Å². The molecule has 0 aromatic rings. The Hall–Kier alpha value is -0.130. The van der Waals surface area contributed by atoms with Gasteiger partial charge in [-0.05, 0) is 12.8 Å². The van der Waals surface area contributed by atoms with Crippen LogP contribution in [-0.4, -0.2) is 45.7 Å². The summed E-state index contributed by atoms with van der Waals surface area (Å²) in [5.41, 5.74) is 0.128. The second-order valence-corrected chi connectivity index (χ2v) is 8.24. The Balaban J connectivity index is 1.88. The number of fused-ring (bicyclic) bond motifs is 1. The van der Waals surface area contributed by atoms with Crippen LogP contribution in [0, 0.1) is 11.3 Å². The monoisotopic (exact) mass is 261 g/mol. The number of sulfone groups is 1. The Morgan fingerprint density at radius 1 is 1.41 bits per heavy atom. The van der Waals surface area contributed by atoms with Crippen LogP contribution in [0.5, 0.6) is 0 Å². The smallest absolute Gasteiger partial charge is 0.148 e. The van der Waals surface area contributed by atoms with E-state index in [4.69, 9.17) is 4.74 Å². The lowest BCUT2D eigenvalue weighted by atomic mass is 9.55. The van der Waals surface area contributed by atoms with Crippen molar-refractivity contribution in [3.8, 4) is 0 Å². The second-order valence-electron chi connectivity index (χ2n) is 5.98. The Morgan fingerprint density at radius 2 is 2.12 bits per heavy atom. The van der Waals surface area contributed by atoms with Crippen molar-refractivity contribution in [1.82, 2.24) is 5.32 Å². The molecule has 3 atom stereocenters. The molecule has 0 amide bonds. The van der Waals surface area contributed by atoms with E-state index in [1.807, 2.05) is 0 Å². The van der Waals surface area contributed by atoms with Crippen LogP contribution in [-0.2, 0) is 14.6 Å². The first-order valence-electron chi connectivity index (χ1n) is 6.35. The zero-order chi connectivity index (χ0) is 12.7. The largest absolute Gasteiger partial charge is 0.377 e. The fraction of sp³-hybridized carbons (Fsp3) is 1.00. The summed E-state index contributed by atoms with van der Waals surface area (Å²) in [4.78, 5) is 0. The first-order chi connectivity index (χ1) is 7.82. The van der Waals surface area contributed by atoms with Gasteiger partial charge in [0, 0.05) is 36.8 Å². The van der Waals surface area contributed by atoms with Crippen LogP contribution < -0.4 is 5.32 Å². The number of ether oxygens (including phenoxy) is 1. The highest BCUT2D eigenvalue weighted by Gasteiger charge is 2.57. The third-order valence-corrected chi connectivity index (χ3v) is 5.11. The molecule has 0 aromatic heterocycles. The molecule has 4 nitrogen and oxygen atoms in total. The number of rotatable bonds is 4. The van der Waals surface area contributed by atoms with Gasteiger partial charge in [0.1, 0.15) is 9.84 Å². The van der Waals surface area contributed by atoms with Gasteiger partial charge in [-0.25, -0.2) is 8.42 Å². The normalized spacial score (nSPS) is 36.1. The maximum atomic E-state index is 11.1. The average molecular weight is 261 g/mol. The van der Waals surface area contributed by atoms with Crippen LogP contribution in [0.25, 0.3) is 0 Å². The van der Waals surface area contributed by atoms with Crippen LogP contribution in [0.3, 0.4) is 0 Å². The molecular formula is C12H23NO3S. The Bertz CT molecular complexity index is 377. The van der Waals surface area contributed by atoms with E-state index in [2.05, 4.69) is 19.2 Å². The quantitative estimate of drug-likeness (QED) is 0.814. The van der Waals surface area contributed by atoms with E-state index >= 15 is 0 Å². The highest BCUT2D eigenvalue weighted by molar-refractivity contribution is 7.90. The molecule has 1 aliphatic carbocycles. The van der Waals surface area contributed by atoms with E-state index < -0.39 is 9.84 Å². The molecular weight excluding hydrogens is 238 g/mol. The van der Waals surface area contributed by atoms with E-state index in [-0.39, 0.29) is 11.2 Å². The molecule has 1 heterocycles. The lowest BCUT2D eigenvalue weighted by molar-refractivity contribution is -0.192. The summed E-state index contributed by atoms with van der Waals surface area (Å²) >= 11 is 0. The minimum atomic E-state index is -2.86. The highest BCUT2D eigenvalue weighted by Crippen LogP contribution is 2.51. The highest BCUT2D eigenvalue weighted by atomic mass is 32.2. The molecule has 100 valence electrons. The second kappa shape index (κ2) is 4.52. The van der Waals surface area contributed by atoms with Gasteiger partial charge in [-0.1, -0.05) is 13.8 Å². The van der Waals surface area contributed by atoms with Crippen molar-refractivity contribution in [2.75, 3.05) is 25.2 Å². The van der Waals surface area contributed by atoms with E-state index in [9.17, 15) is 8.42 Å². The minimum absolute atomic E-state index is 0.128. The molecule has 0 spiro atoms. The van der Waals surface area contributed by atoms with Crippen molar-refractivity contribution in [1.29, 1.82) is 0 Å². The zero-order valence-corrected chi connectivity index (χ0v) is 11.7. The molecule has 2 aliphatic rings. The first-order valence-corrected chi connectivity index (χ1v) is 8.41. The van der Waals surface area contributed by atoms with Gasteiger partial charge in [0.15, 0.2) is 0 Å². The molecule has 2 rings (SSSR count). The molecule has 2 fully saturated rings. The zero-order valence-electron chi connectivity index (χ0n) is 10.9. The molecule has 1 saturated heterocycles. The number of hydrogen-bond donors (Lipinski definition) is 1. The molecule has 1 saturated carbocycles. The molecule has 1 N–H and O–H groups in total. The molecule has 5 heteroatoms. The lowest BCUT2D eigenvalue weighted by Gasteiger charge is -2.60. The van der Waals surface area contributed by atoms with Crippen molar-refractivity contribution in [3.05, 3.63) is 0 Å². The summed E-state index contributed by atoms with van der Waals surface area (Å²) in [6.45, 7) is 5.84. The first kappa shape index (κ1) is 13.3. The summed E-state index contributed by atoms with van der Waals surface area (Å²) in [6.07, 6.45) is 3.96. The third-order valence-electron chi connectivity index (χ3n) is 4.17. The maximum absolute atomic E-state index is 11.1. The van der Waals surface area contributed by atoms with E-state index in [1.165, 1.54) is 12.7 Å². The van der Waals surface area contributed by atoms with Gasteiger partial charge in [0.2, 0.25) is 0 Å². The Morgan fingerprint density at radius 3 is 2.76 bits per heavy atom. The van der Waals surface area contributed by atoms with Crippen LogP contribution in [0.1, 0.15) is 26.7 Å². The molecule has 3 unspecified atom stereocenters. The summed E-state index contributed by atoms with van der Waals surface area (Å²) in [6, 6.07) is 0.398. The number of nitrogens with one attached hydrogen (secondary N) is 1. The maximum Gasteiger partial charge on any atom is 0.148 e. The van der Waals surface area contributed by atoms with E-state index in [0.29, 0.717) is 24.6 Å². The van der Waals surface area contributed by atoms with Crippen molar-refractivity contribution in [2.45, 2.75) is 38.8 Å². The van der Waals surface area contributed by atoms with Crippen LogP contribution in [0.4, 0.5) is 0 Å². The van der Waals surface area contributed by atoms with Gasteiger partial charge in [-0.2, -0.15) is 0 Å². The van der Waals surface area contributed by atoms with Crippen molar-refractivity contribution in [2.24, 2.45) is 11.3 Å². The van der Waals surface area contributed by atoms with Crippen LogP contribution >= 0.6 is 0 Å².